The predicted octanol–water partition coefficient (Wildman–Crippen LogP) is 0.508. The lowest BCUT2D eigenvalue weighted by molar-refractivity contribution is 0.122. The average Bonchev–Trinajstić information content (AvgIpc) is 1.88. The van der Waals surface area contributed by atoms with Crippen LogP contribution in [-0.2, 0) is 4.74 Å². The van der Waals surface area contributed by atoms with E-state index in [0.29, 0.717) is 6.61 Å². The van der Waals surface area contributed by atoms with E-state index in [2.05, 4.69) is 21.9 Å². The molecule has 1 amide bonds. The monoisotopic (exact) mass is 139 g/mol. The molecule has 54 valence electrons. The largest absolute Gasteiger partial charge is 0.449 e. The van der Waals surface area contributed by atoms with Crippen molar-refractivity contribution in [2.24, 2.45) is 0 Å². The van der Waals surface area contributed by atoms with Crippen LogP contribution in [0, 0.1) is 11.8 Å². The molecular formula is C7H9NO2. The van der Waals surface area contributed by atoms with E-state index in [9.17, 15) is 4.79 Å². The number of carbonyl (C=O) groups excluding carboxylic acids is 1. The van der Waals surface area contributed by atoms with Crippen LogP contribution in [-0.4, -0.2) is 18.7 Å². The summed E-state index contributed by atoms with van der Waals surface area (Å²) in [7, 11) is 0. The van der Waals surface area contributed by atoms with Gasteiger partial charge >= 0.3 is 6.09 Å². The Morgan fingerprint density at radius 1 is 1.80 bits per heavy atom. The summed E-state index contributed by atoms with van der Waals surface area (Å²) in [6.07, 6.45) is 0.422. The van der Waals surface area contributed by atoms with Crippen molar-refractivity contribution in [3.05, 3.63) is 0 Å². The third-order valence-electron chi connectivity index (χ3n) is 1.25. The van der Waals surface area contributed by atoms with Crippen LogP contribution in [0.3, 0.4) is 0 Å². The fourth-order valence-corrected chi connectivity index (χ4v) is 0.808. The van der Waals surface area contributed by atoms with E-state index in [4.69, 9.17) is 0 Å². The number of amides is 1. The molecule has 10 heavy (non-hydrogen) atoms. The number of rotatable bonds is 0. The maximum atomic E-state index is 10.5. The molecule has 1 fully saturated rings. The second-order valence-corrected chi connectivity index (χ2v) is 2.02. The van der Waals surface area contributed by atoms with Gasteiger partial charge in [0.05, 0.1) is 12.6 Å². The summed E-state index contributed by atoms with van der Waals surface area (Å²) in [5, 5.41) is 2.58. The third-order valence-corrected chi connectivity index (χ3v) is 1.25. The second kappa shape index (κ2) is 3.11. The average molecular weight is 139 g/mol. The van der Waals surface area contributed by atoms with Gasteiger partial charge in [0.25, 0.3) is 0 Å². The minimum absolute atomic E-state index is 0.00810. The van der Waals surface area contributed by atoms with Crippen molar-refractivity contribution >= 4 is 6.09 Å². The first-order valence-corrected chi connectivity index (χ1v) is 3.18. The topological polar surface area (TPSA) is 38.3 Å². The summed E-state index contributed by atoms with van der Waals surface area (Å²) in [5.41, 5.74) is 0. The third kappa shape index (κ3) is 1.66. The molecular weight excluding hydrogens is 130 g/mol. The summed E-state index contributed by atoms with van der Waals surface area (Å²) in [6, 6.07) is -0.00810. The molecule has 0 bridgehead atoms. The van der Waals surface area contributed by atoms with Gasteiger partial charge in [0.2, 0.25) is 0 Å². The van der Waals surface area contributed by atoms with Crippen LogP contribution in [0.1, 0.15) is 13.3 Å². The molecule has 1 heterocycles. The minimum atomic E-state index is -0.362. The number of nitrogens with one attached hydrogen (secondary N) is 1. The van der Waals surface area contributed by atoms with E-state index >= 15 is 0 Å². The standard InChI is InChI=1S/C7H9NO2/c1-2-3-6-4-5-10-7(9)8-6/h6H,4-5H2,1H3,(H,8,9)/t6-/m0/s1. The number of cyclic esters (lactones) is 1. The SMILES string of the molecule is CC#C[C@H]1CCOC(=O)N1. The van der Waals surface area contributed by atoms with Crippen LogP contribution in [0.2, 0.25) is 0 Å². The van der Waals surface area contributed by atoms with Crippen molar-refractivity contribution in [1.29, 1.82) is 0 Å². The highest BCUT2D eigenvalue weighted by atomic mass is 16.5. The Morgan fingerprint density at radius 3 is 3.20 bits per heavy atom. The van der Waals surface area contributed by atoms with Gasteiger partial charge in [-0.2, -0.15) is 0 Å². The Morgan fingerprint density at radius 2 is 2.60 bits per heavy atom. The molecule has 1 N–H and O–H groups in total. The summed E-state index contributed by atoms with van der Waals surface area (Å²) in [6.45, 7) is 2.23. The lowest BCUT2D eigenvalue weighted by Gasteiger charge is -2.18. The maximum absolute atomic E-state index is 10.5. The molecule has 0 aliphatic carbocycles. The number of carbonyl (C=O) groups is 1. The lowest BCUT2D eigenvalue weighted by atomic mass is 10.2. The van der Waals surface area contributed by atoms with Crippen LogP contribution in [0.5, 0.6) is 0 Å². The molecule has 1 rings (SSSR count). The molecule has 1 aliphatic rings. The van der Waals surface area contributed by atoms with Crippen LogP contribution in [0.25, 0.3) is 0 Å². The Labute approximate surface area is 59.7 Å². The van der Waals surface area contributed by atoms with Crippen LogP contribution in [0.4, 0.5) is 4.79 Å². The van der Waals surface area contributed by atoms with Gasteiger partial charge < -0.3 is 10.1 Å². The number of alkyl carbamates (subject to hydrolysis) is 1. The smallest absolute Gasteiger partial charge is 0.408 e. The second-order valence-electron chi connectivity index (χ2n) is 2.02. The zero-order valence-electron chi connectivity index (χ0n) is 5.81. The highest BCUT2D eigenvalue weighted by Crippen LogP contribution is 1.98. The highest BCUT2D eigenvalue weighted by molar-refractivity contribution is 5.68. The first-order chi connectivity index (χ1) is 4.83. The van der Waals surface area contributed by atoms with Gasteiger partial charge in [0.1, 0.15) is 0 Å². The van der Waals surface area contributed by atoms with Gasteiger partial charge in [-0.3, -0.25) is 0 Å². The van der Waals surface area contributed by atoms with E-state index < -0.39 is 0 Å². The molecule has 0 aromatic heterocycles. The Kier molecular flexibility index (Phi) is 2.16. The Hall–Kier alpha value is -1.17. The maximum Gasteiger partial charge on any atom is 0.408 e. The molecule has 0 radical (unpaired) electrons. The normalized spacial score (nSPS) is 23.7. The van der Waals surface area contributed by atoms with Crippen molar-refractivity contribution in [3.63, 3.8) is 0 Å². The molecule has 0 unspecified atom stereocenters. The quantitative estimate of drug-likeness (QED) is 0.496. The van der Waals surface area contributed by atoms with E-state index in [-0.39, 0.29) is 12.1 Å². The van der Waals surface area contributed by atoms with Crippen molar-refractivity contribution in [2.75, 3.05) is 6.61 Å². The molecule has 0 aromatic rings. The van der Waals surface area contributed by atoms with Gasteiger partial charge in [-0.05, 0) is 6.92 Å². The zero-order chi connectivity index (χ0) is 7.40. The fourth-order valence-electron chi connectivity index (χ4n) is 0.808. The summed E-state index contributed by atoms with van der Waals surface area (Å²) < 4.78 is 4.64. The van der Waals surface area contributed by atoms with Crippen molar-refractivity contribution in [1.82, 2.24) is 5.32 Å². The highest BCUT2D eigenvalue weighted by Gasteiger charge is 2.15. The lowest BCUT2D eigenvalue weighted by Crippen LogP contribution is -2.40. The first kappa shape index (κ1) is 6.94. The van der Waals surface area contributed by atoms with E-state index in [1.807, 2.05) is 0 Å². The molecule has 0 saturated carbocycles. The minimum Gasteiger partial charge on any atom is -0.449 e. The van der Waals surface area contributed by atoms with Crippen LogP contribution >= 0.6 is 0 Å². The molecule has 0 aromatic carbocycles. The van der Waals surface area contributed by atoms with Crippen molar-refractivity contribution in [3.8, 4) is 11.8 Å². The van der Waals surface area contributed by atoms with Gasteiger partial charge in [-0.1, -0.05) is 5.92 Å². The van der Waals surface area contributed by atoms with Gasteiger partial charge in [-0.25, -0.2) is 4.79 Å². The van der Waals surface area contributed by atoms with Gasteiger partial charge in [0.15, 0.2) is 0 Å². The number of hydrogen-bond donors (Lipinski definition) is 1. The van der Waals surface area contributed by atoms with E-state index in [1.54, 1.807) is 6.92 Å². The summed E-state index contributed by atoms with van der Waals surface area (Å²) >= 11 is 0. The van der Waals surface area contributed by atoms with Gasteiger partial charge in [0, 0.05) is 6.42 Å². The van der Waals surface area contributed by atoms with Gasteiger partial charge in [-0.15, -0.1) is 5.92 Å². The molecule has 1 atom stereocenters. The van der Waals surface area contributed by atoms with E-state index in [0.717, 1.165) is 6.42 Å². The molecule has 3 nitrogen and oxygen atoms in total. The molecule has 1 saturated heterocycles. The van der Waals surface area contributed by atoms with Crippen molar-refractivity contribution < 1.29 is 9.53 Å². The van der Waals surface area contributed by atoms with Crippen LogP contribution < -0.4 is 5.32 Å². The summed E-state index contributed by atoms with van der Waals surface area (Å²) in [4.78, 5) is 10.5. The number of ether oxygens (including phenoxy) is 1. The zero-order valence-corrected chi connectivity index (χ0v) is 5.81. The molecule has 1 aliphatic heterocycles. The summed E-state index contributed by atoms with van der Waals surface area (Å²) in [5.74, 6) is 5.59. The molecule has 0 spiro atoms. The Balaban J connectivity index is 2.44. The van der Waals surface area contributed by atoms with E-state index in [1.165, 1.54) is 0 Å². The van der Waals surface area contributed by atoms with Crippen molar-refractivity contribution in [2.45, 2.75) is 19.4 Å². The predicted molar refractivity (Wildman–Crippen MR) is 36.3 cm³/mol. The fraction of sp³-hybridized carbons (Fsp3) is 0.571. The number of hydrogen-bond acceptors (Lipinski definition) is 2. The molecule has 3 heteroatoms. The Bertz CT molecular complexity index is 190. The first-order valence-electron chi connectivity index (χ1n) is 3.18. The van der Waals surface area contributed by atoms with Crippen LogP contribution in [0.15, 0.2) is 0 Å².